The summed E-state index contributed by atoms with van der Waals surface area (Å²) in [4.78, 5) is 24.4. The number of non-ortho nitro benzene ring substituents is 1. The van der Waals surface area contributed by atoms with Gasteiger partial charge in [0.15, 0.2) is 0 Å². The van der Waals surface area contributed by atoms with Gasteiger partial charge in [-0.25, -0.2) is 0 Å². The first-order valence-corrected chi connectivity index (χ1v) is 4.44. The van der Waals surface area contributed by atoms with E-state index < -0.39 is 10.9 Å². The minimum absolute atomic E-state index is 0.0186. The van der Waals surface area contributed by atoms with Crippen LogP contribution in [0.1, 0.15) is 5.56 Å². The fraction of sp³-hybridized carbons (Fsp3) is 0.200. The van der Waals surface area contributed by atoms with E-state index in [0.717, 1.165) is 0 Å². The van der Waals surface area contributed by atoms with Crippen molar-refractivity contribution in [1.29, 1.82) is 0 Å². The van der Waals surface area contributed by atoms with Gasteiger partial charge in [-0.3, -0.25) is 19.9 Å². The Bertz CT molecular complexity index is 411. The van der Waals surface area contributed by atoms with Crippen molar-refractivity contribution in [1.82, 2.24) is 0 Å². The zero-order valence-corrected chi connectivity index (χ0v) is 8.62. The van der Waals surface area contributed by atoms with Crippen molar-refractivity contribution in [2.45, 2.75) is 0 Å². The van der Waals surface area contributed by atoms with Gasteiger partial charge < -0.3 is 4.74 Å². The van der Waals surface area contributed by atoms with Gasteiger partial charge >= 0.3 is 5.97 Å². The van der Waals surface area contributed by atoms with E-state index in [4.69, 9.17) is 0 Å². The molecule has 1 aromatic carbocycles. The van der Waals surface area contributed by atoms with Crippen molar-refractivity contribution < 1.29 is 14.5 Å². The Morgan fingerprint density at radius 1 is 1.50 bits per heavy atom. The first-order chi connectivity index (χ1) is 7.63. The molecule has 0 saturated heterocycles. The molecule has 0 radical (unpaired) electrons. The molecule has 0 heterocycles. The van der Waals surface area contributed by atoms with E-state index in [9.17, 15) is 14.9 Å². The van der Waals surface area contributed by atoms with Crippen molar-refractivity contribution in [3.8, 4) is 0 Å². The predicted octanol–water partition coefficient (Wildman–Crippen LogP) is 1.19. The third-order valence-corrected chi connectivity index (χ3v) is 1.79. The zero-order chi connectivity index (χ0) is 12.0. The van der Waals surface area contributed by atoms with E-state index in [1.54, 1.807) is 12.1 Å². The number of methoxy groups -OCH3 is 1. The fourth-order valence-electron chi connectivity index (χ4n) is 0.972. The predicted molar refractivity (Wildman–Crippen MR) is 57.6 cm³/mol. The molecule has 6 heteroatoms. The van der Waals surface area contributed by atoms with Crippen molar-refractivity contribution in [2.75, 3.05) is 13.7 Å². The first-order valence-electron chi connectivity index (χ1n) is 4.44. The quantitative estimate of drug-likeness (QED) is 0.331. The summed E-state index contributed by atoms with van der Waals surface area (Å²) in [5.41, 5.74) is 0.708. The number of nitro benzene ring substituents is 1. The summed E-state index contributed by atoms with van der Waals surface area (Å²) in [5.74, 6) is -0.432. The molecule has 0 aliphatic rings. The lowest BCUT2D eigenvalue weighted by molar-refractivity contribution is -0.384. The van der Waals surface area contributed by atoms with Gasteiger partial charge in [0, 0.05) is 18.3 Å². The lowest BCUT2D eigenvalue weighted by Gasteiger charge is -1.94. The SMILES string of the molecule is COC(=O)CN=Cc1ccc([N+](=O)[O-])cc1. The van der Waals surface area contributed by atoms with Crippen LogP contribution in [0.5, 0.6) is 0 Å². The molecular weight excluding hydrogens is 212 g/mol. The Morgan fingerprint density at radius 3 is 2.62 bits per heavy atom. The molecule has 0 fully saturated rings. The summed E-state index contributed by atoms with van der Waals surface area (Å²) in [6.45, 7) is -0.0620. The maximum absolute atomic E-state index is 10.7. The molecule has 0 atom stereocenters. The summed E-state index contributed by atoms with van der Waals surface area (Å²) in [6.07, 6.45) is 1.46. The summed E-state index contributed by atoms with van der Waals surface area (Å²) < 4.78 is 4.40. The number of aliphatic imine (C=N–C) groups is 1. The normalized spacial score (nSPS) is 10.3. The standard InChI is InChI=1S/C10H10N2O4/c1-16-10(13)7-11-6-8-2-4-9(5-3-8)12(14)15/h2-6H,7H2,1H3. The van der Waals surface area contributed by atoms with Gasteiger partial charge in [-0.15, -0.1) is 0 Å². The van der Waals surface area contributed by atoms with Gasteiger partial charge in [0.25, 0.3) is 5.69 Å². The minimum Gasteiger partial charge on any atom is -0.468 e. The van der Waals surface area contributed by atoms with E-state index in [-0.39, 0.29) is 12.2 Å². The molecule has 84 valence electrons. The molecule has 16 heavy (non-hydrogen) atoms. The van der Waals surface area contributed by atoms with E-state index in [2.05, 4.69) is 9.73 Å². The highest BCUT2D eigenvalue weighted by molar-refractivity contribution is 5.82. The second-order valence-electron chi connectivity index (χ2n) is 2.89. The summed E-state index contributed by atoms with van der Waals surface area (Å²) in [7, 11) is 1.28. The minimum atomic E-state index is -0.477. The molecule has 0 aliphatic heterocycles. The number of esters is 1. The average molecular weight is 222 g/mol. The zero-order valence-electron chi connectivity index (χ0n) is 8.62. The number of rotatable bonds is 4. The summed E-state index contributed by atoms with van der Waals surface area (Å²) in [6, 6.07) is 5.86. The number of carbonyl (C=O) groups excluding carboxylic acids is 1. The van der Waals surface area contributed by atoms with E-state index >= 15 is 0 Å². The molecular formula is C10H10N2O4. The van der Waals surface area contributed by atoms with Gasteiger partial charge in [-0.1, -0.05) is 0 Å². The summed E-state index contributed by atoms with van der Waals surface area (Å²) >= 11 is 0. The highest BCUT2D eigenvalue weighted by Gasteiger charge is 2.02. The monoisotopic (exact) mass is 222 g/mol. The molecule has 1 rings (SSSR count). The van der Waals surface area contributed by atoms with Crippen LogP contribution in [0.4, 0.5) is 5.69 Å². The van der Waals surface area contributed by atoms with E-state index in [1.165, 1.54) is 25.5 Å². The summed E-state index contributed by atoms with van der Waals surface area (Å²) in [5, 5.41) is 10.4. The third-order valence-electron chi connectivity index (χ3n) is 1.79. The number of hydrogen-bond donors (Lipinski definition) is 0. The van der Waals surface area contributed by atoms with Crippen molar-refractivity contribution in [3.05, 3.63) is 39.9 Å². The number of ether oxygens (including phenoxy) is 1. The van der Waals surface area contributed by atoms with Gasteiger partial charge in [0.2, 0.25) is 0 Å². The lowest BCUT2D eigenvalue weighted by atomic mass is 10.2. The maximum Gasteiger partial charge on any atom is 0.327 e. The largest absolute Gasteiger partial charge is 0.468 e. The second-order valence-corrected chi connectivity index (χ2v) is 2.89. The van der Waals surface area contributed by atoms with Crippen molar-refractivity contribution in [3.63, 3.8) is 0 Å². The van der Waals surface area contributed by atoms with Crippen LogP contribution in [0.2, 0.25) is 0 Å². The molecule has 0 spiro atoms. The van der Waals surface area contributed by atoms with Gasteiger partial charge in [0.05, 0.1) is 12.0 Å². The van der Waals surface area contributed by atoms with Crippen LogP contribution in [0, 0.1) is 10.1 Å². The molecule has 0 bridgehead atoms. The Balaban J connectivity index is 2.61. The Labute approximate surface area is 91.7 Å². The van der Waals surface area contributed by atoms with Crippen LogP contribution in [0.25, 0.3) is 0 Å². The second kappa shape index (κ2) is 5.59. The Hall–Kier alpha value is -2.24. The molecule has 0 N–H and O–H groups in total. The number of hydrogen-bond acceptors (Lipinski definition) is 5. The average Bonchev–Trinajstić information content (AvgIpc) is 2.29. The van der Waals surface area contributed by atoms with Crippen molar-refractivity contribution >= 4 is 17.9 Å². The molecule has 1 aromatic rings. The van der Waals surface area contributed by atoms with Crippen LogP contribution < -0.4 is 0 Å². The highest BCUT2D eigenvalue weighted by Crippen LogP contribution is 2.10. The Morgan fingerprint density at radius 2 is 2.12 bits per heavy atom. The third kappa shape index (κ3) is 3.49. The molecule has 0 amide bonds. The lowest BCUT2D eigenvalue weighted by Crippen LogP contribution is -2.04. The van der Waals surface area contributed by atoms with E-state index in [1.807, 2.05) is 0 Å². The number of nitro groups is 1. The molecule has 0 aromatic heterocycles. The molecule has 6 nitrogen and oxygen atoms in total. The van der Waals surface area contributed by atoms with Crippen LogP contribution in [0.3, 0.4) is 0 Å². The molecule has 0 unspecified atom stereocenters. The Kier molecular flexibility index (Phi) is 4.14. The maximum atomic E-state index is 10.7. The smallest absolute Gasteiger partial charge is 0.327 e. The van der Waals surface area contributed by atoms with Gasteiger partial charge in [-0.05, 0) is 17.7 Å². The number of benzene rings is 1. The molecule has 0 saturated carbocycles. The fourth-order valence-corrected chi connectivity index (χ4v) is 0.972. The number of carbonyl (C=O) groups is 1. The van der Waals surface area contributed by atoms with Gasteiger partial charge in [-0.2, -0.15) is 0 Å². The van der Waals surface area contributed by atoms with Crippen LogP contribution >= 0.6 is 0 Å². The van der Waals surface area contributed by atoms with Crippen molar-refractivity contribution in [2.24, 2.45) is 4.99 Å². The number of nitrogens with zero attached hydrogens (tertiary/aromatic N) is 2. The highest BCUT2D eigenvalue weighted by atomic mass is 16.6. The van der Waals surface area contributed by atoms with Gasteiger partial charge in [0.1, 0.15) is 6.54 Å². The van der Waals surface area contributed by atoms with Crippen LogP contribution in [-0.2, 0) is 9.53 Å². The first kappa shape index (κ1) is 11.8. The topological polar surface area (TPSA) is 81.8 Å². The molecule has 0 aliphatic carbocycles. The van der Waals surface area contributed by atoms with E-state index in [0.29, 0.717) is 5.56 Å². The van der Waals surface area contributed by atoms with Crippen LogP contribution in [0.15, 0.2) is 29.3 Å². The van der Waals surface area contributed by atoms with Crippen LogP contribution in [-0.4, -0.2) is 30.8 Å².